The molecule has 1 aromatic rings. The van der Waals surface area contributed by atoms with Crippen LogP contribution in [0, 0.1) is 11.3 Å². The van der Waals surface area contributed by atoms with Crippen LogP contribution in [0.2, 0.25) is 5.02 Å². The second-order valence-electron chi connectivity index (χ2n) is 3.46. The number of carbonyl (C=O) groups is 1. The third-order valence-corrected chi connectivity index (χ3v) is 3.31. The van der Waals surface area contributed by atoms with E-state index in [2.05, 4.69) is 21.2 Å². The van der Waals surface area contributed by atoms with E-state index in [1.54, 1.807) is 25.1 Å². The Balaban J connectivity index is 2.65. The van der Waals surface area contributed by atoms with Crippen molar-refractivity contribution in [3.8, 4) is 6.07 Å². The molecular weight excluding hydrogens is 320 g/mol. The molecule has 0 aliphatic carbocycles. The number of esters is 1. The molecule has 1 atom stereocenters. The van der Waals surface area contributed by atoms with Gasteiger partial charge in [-0.2, -0.15) is 5.26 Å². The molecule has 4 nitrogen and oxygen atoms in total. The number of rotatable bonds is 5. The van der Waals surface area contributed by atoms with Crippen LogP contribution < -0.4 is 5.32 Å². The summed E-state index contributed by atoms with van der Waals surface area (Å²) >= 11 is 9.15. The average Bonchev–Trinajstić information content (AvgIpc) is 2.33. The van der Waals surface area contributed by atoms with Gasteiger partial charge in [0.1, 0.15) is 6.04 Å². The van der Waals surface area contributed by atoms with Crippen LogP contribution in [0.15, 0.2) is 22.7 Å². The normalized spacial score (nSPS) is 11.4. The predicted octanol–water partition coefficient (Wildman–Crippen LogP) is 3.36. The SMILES string of the molecule is CCOC(=O)CC(C#N)Nc1ccc(Cl)c(Br)c1. The van der Waals surface area contributed by atoms with E-state index in [0.717, 1.165) is 4.47 Å². The van der Waals surface area contributed by atoms with Gasteiger partial charge in [0.05, 0.1) is 24.1 Å². The monoisotopic (exact) mass is 330 g/mol. The molecule has 0 fully saturated rings. The Morgan fingerprint density at radius 3 is 2.94 bits per heavy atom. The van der Waals surface area contributed by atoms with Gasteiger partial charge < -0.3 is 10.1 Å². The summed E-state index contributed by atoms with van der Waals surface area (Å²) in [6.07, 6.45) is 0.00455. The average molecular weight is 332 g/mol. The lowest BCUT2D eigenvalue weighted by Gasteiger charge is -2.12. The Bertz CT molecular complexity index is 474. The summed E-state index contributed by atoms with van der Waals surface area (Å²) in [7, 11) is 0. The highest BCUT2D eigenvalue weighted by Crippen LogP contribution is 2.26. The molecule has 0 saturated carbocycles. The summed E-state index contributed by atoms with van der Waals surface area (Å²) in [6, 6.07) is 6.57. The first-order valence-electron chi connectivity index (χ1n) is 5.33. The Labute approximate surface area is 119 Å². The fraction of sp³-hybridized carbons (Fsp3) is 0.333. The lowest BCUT2D eigenvalue weighted by molar-refractivity contribution is -0.143. The predicted molar refractivity (Wildman–Crippen MR) is 73.4 cm³/mol. The van der Waals surface area contributed by atoms with Crippen LogP contribution in [-0.4, -0.2) is 18.6 Å². The molecule has 1 rings (SSSR count). The Hall–Kier alpha value is -1.25. The number of halogens is 2. The molecule has 1 unspecified atom stereocenters. The van der Waals surface area contributed by atoms with E-state index in [9.17, 15) is 4.79 Å². The van der Waals surface area contributed by atoms with Crippen LogP contribution in [0.4, 0.5) is 5.69 Å². The summed E-state index contributed by atoms with van der Waals surface area (Å²) < 4.78 is 5.52. The summed E-state index contributed by atoms with van der Waals surface area (Å²) in [5.41, 5.74) is 0.710. The van der Waals surface area contributed by atoms with E-state index in [0.29, 0.717) is 17.3 Å². The third kappa shape index (κ3) is 4.55. The molecule has 18 heavy (non-hydrogen) atoms. The number of anilines is 1. The molecule has 0 heterocycles. The summed E-state index contributed by atoms with van der Waals surface area (Å²) in [5, 5.41) is 12.5. The van der Waals surface area contributed by atoms with Crippen molar-refractivity contribution in [3.05, 3.63) is 27.7 Å². The van der Waals surface area contributed by atoms with E-state index in [4.69, 9.17) is 21.6 Å². The van der Waals surface area contributed by atoms with Crippen LogP contribution in [0.3, 0.4) is 0 Å². The van der Waals surface area contributed by atoms with E-state index in [1.165, 1.54) is 0 Å². The summed E-state index contributed by atoms with van der Waals surface area (Å²) in [4.78, 5) is 11.3. The number of nitrogens with zero attached hydrogens (tertiary/aromatic N) is 1. The Kier molecular flexibility index (Phi) is 5.96. The highest BCUT2D eigenvalue weighted by atomic mass is 79.9. The second kappa shape index (κ2) is 7.24. The molecule has 1 aromatic carbocycles. The Morgan fingerprint density at radius 1 is 1.67 bits per heavy atom. The van der Waals surface area contributed by atoms with Gasteiger partial charge in [0.2, 0.25) is 0 Å². The fourth-order valence-corrected chi connectivity index (χ4v) is 1.80. The Morgan fingerprint density at radius 2 is 2.39 bits per heavy atom. The van der Waals surface area contributed by atoms with Gasteiger partial charge in [-0.3, -0.25) is 4.79 Å². The minimum absolute atomic E-state index is 0.00455. The van der Waals surface area contributed by atoms with E-state index >= 15 is 0 Å². The van der Waals surface area contributed by atoms with Gasteiger partial charge >= 0.3 is 5.97 Å². The molecule has 0 radical (unpaired) electrons. The first-order valence-corrected chi connectivity index (χ1v) is 6.50. The minimum Gasteiger partial charge on any atom is -0.466 e. The number of hydrogen-bond donors (Lipinski definition) is 1. The molecule has 6 heteroatoms. The first kappa shape index (κ1) is 14.8. The van der Waals surface area contributed by atoms with E-state index in [1.807, 2.05) is 6.07 Å². The zero-order chi connectivity index (χ0) is 13.5. The number of nitriles is 1. The van der Waals surface area contributed by atoms with Crippen molar-refractivity contribution in [1.82, 2.24) is 0 Å². The van der Waals surface area contributed by atoms with Crippen molar-refractivity contribution in [3.63, 3.8) is 0 Å². The van der Waals surface area contributed by atoms with Crippen LogP contribution in [-0.2, 0) is 9.53 Å². The molecule has 0 spiro atoms. The molecule has 96 valence electrons. The van der Waals surface area contributed by atoms with Gasteiger partial charge in [-0.15, -0.1) is 0 Å². The van der Waals surface area contributed by atoms with Crippen LogP contribution in [0.25, 0.3) is 0 Å². The molecule has 0 bridgehead atoms. The molecule has 0 aliphatic heterocycles. The van der Waals surface area contributed by atoms with Crippen molar-refractivity contribution in [2.75, 3.05) is 11.9 Å². The lowest BCUT2D eigenvalue weighted by Crippen LogP contribution is -2.22. The fourth-order valence-electron chi connectivity index (χ4n) is 1.30. The largest absolute Gasteiger partial charge is 0.466 e. The standard InChI is InChI=1S/C12H12BrClN2O2/c1-2-18-12(17)6-9(7-15)16-8-3-4-11(14)10(13)5-8/h3-5,9,16H,2,6H2,1H3. The van der Waals surface area contributed by atoms with Gasteiger partial charge in [0.25, 0.3) is 0 Å². The summed E-state index contributed by atoms with van der Waals surface area (Å²) in [6.45, 7) is 2.03. The first-order chi connectivity index (χ1) is 8.56. The maximum absolute atomic E-state index is 11.3. The van der Waals surface area contributed by atoms with Crippen molar-refractivity contribution in [2.24, 2.45) is 0 Å². The number of ether oxygens (including phenoxy) is 1. The highest BCUT2D eigenvalue weighted by molar-refractivity contribution is 9.10. The number of nitrogens with one attached hydrogen (secondary N) is 1. The van der Waals surface area contributed by atoms with Gasteiger partial charge in [0.15, 0.2) is 0 Å². The molecule has 0 aromatic heterocycles. The van der Waals surface area contributed by atoms with Crippen molar-refractivity contribution in [1.29, 1.82) is 5.26 Å². The van der Waals surface area contributed by atoms with Crippen LogP contribution >= 0.6 is 27.5 Å². The van der Waals surface area contributed by atoms with Gasteiger partial charge in [-0.05, 0) is 41.1 Å². The molecule has 0 saturated heterocycles. The van der Waals surface area contributed by atoms with Crippen LogP contribution in [0.1, 0.15) is 13.3 Å². The number of benzene rings is 1. The van der Waals surface area contributed by atoms with Crippen molar-refractivity contribution >= 4 is 39.2 Å². The number of hydrogen-bond acceptors (Lipinski definition) is 4. The third-order valence-electron chi connectivity index (χ3n) is 2.09. The second-order valence-corrected chi connectivity index (χ2v) is 4.73. The highest BCUT2D eigenvalue weighted by Gasteiger charge is 2.14. The van der Waals surface area contributed by atoms with Crippen molar-refractivity contribution < 1.29 is 9.53 Å². The minimum atomic E-state index is -0.628. The molecular formula is C12H12BrClN2O2. The molecule has 0 amide bonds. The zero-order valence-electron chi connectivity index (χ0n) is 9.74. The van der Waals surface area contributed by atoms with Crippen LogP contribution in [0.5, 0.6) is 0 Å². The van der Waals surface area contributed by atoms with Gasteiger partial charge in [0, 0.05) is 10.2 Å². The topological polar surface area (TPSA) is 62.1 Å². The quantitative estimate of drug-likeness (QED) is 0.840. The lowest BCUT2D eigenvalue weighted by atomic mass is 10.2. The van der Waals surface area contributed by atoms with E-state index < -0.39 is 12.0 Å². The molecule has 0 aliphatic rings. The zero-order valence-corrected chi connectivity index (χ0v) is 12.1. The maximum Gasteiger partial charge on any atom is 0.308 e. The number of carbonyl (C=O) groups excluding carboxylic acids is 1. The smallest absolute Gasteiger partial charge is 0.308 e. The van der Waals surface area contributed by atoms with Crippen molar-refractivity contribution in [2.45, 2.75) is 19.4 Å². The molecule has 1 N–H and O–H groups in total. The maximum atomic E-state index is 11.3. The van der Waals surface area contributed by atoms with Gasteiger partial charge in [-0.25, -0.2) is 0 Å². The van der Waals surface area contributed by atoms with Gasteiger partial charge in [-0.1, -0.05) is 11.6 Å². The van der Waals surface area contributed by atoms with E-state index in [-0.39, 0.29) is 6.42 Å². The summed E-state index contributed by atoms with van der Waals surface area (Å²) in [5.74, 6) is -0.399.